The first-order valence-corrected chi connectivity index (χ1v) is 10.0. The van der Waals surface area contributed by atoms with Gasteiger partial charge < -0.3 is 20.1 Å². The first kappa shape index (κ1) is 21.2. The van der Waals surface area contributed by atoms with Gasteiger partial charge in [-0.1, -0.05) is 18.9 Å². The second-order valence-electron chi connectivity index (χ2n) is 8.52. The highest BCUT2D eigenvalue weighted by Crippen LogP contribution is 2.50. The fourth-order valence-electron chi connectivity index (χ4n) is 4.64. The molecule has 1 saturated carbocycles. The van der Waals surface area contributed by atoms with Crippen LogP contribution in [0.4, 0.5) is 8.78 Å². The largest absolute Gasteiger partial charge is 0.503 e. The molecule has 9 heteroatoms. The van der Waals surface area contributed by atoms with E-state index in [4.69, 9.17) is 0 Å². The molecule has 2 aliphatic rings. The molecular formula is C22H22F2N2O5. The molecule has 1 aromatic carbocycles. The molecule has 7 nitrogen and oxygen atoms in total. The Morgan fingerprint density at radius 1 is 1.23 bits per heavy atom. The van der Waals surface area contributed by atoms with Crippen molar-refractivity contribution in [3.8, 4) is 5.75 Å². The van der Waals surface area contributed by atoms with Crippen LogP contribution >= 0.6 is 0 Å². The van der Waals surface area contributed by atoms with Gasteiger partial charge in [-0.25, -0.2) is 8.78 Å². The monoisotopic (exact) mass is 432 g/mol. The normalized spacial score (nSPS) is 25.0. The third kappa shape index (κ3) is 3.23. The molecule has 2 heterocycles. The number of benzene rings is 1. The predicted molar refractivity (Wildman–Crippen MR) is 106 cm³/mol. The average Bonchev–Trinajstić information content (AvgIpc) is 2.71. The summed E-state index contributed by atoms with van der Waals surface area (Å²) in [5, 5.41) is 24.0. The zero-order valence-corrected chi connectivity index (χ0v) is 16.9. The number of pyridine rings is 1. The first-order chi connectivity index (χ1) is 14.6. The summed E-state index contributed by atoms with van der Waals surface area (Å²) < 4.78 is 28.1. The van der Waals surface area contributed by atoms with Gasteiger partial charge in [-0.2, -0.15) is 0 Å². The molecular weight excluding hydrogens is 410 g/mol. The molecule has 1 fully saturated rings. The van der Waals surface area contributed by atoms with Crippen LogP contribution < -0.4 is 10.7 Å². The predicted octanol–water partition coefficient (Wildman–Crippen LogP) is 2.27. The molecule has 0 saturated heterocycles. The summed E-state index contributed by atoms with van der Waals surface area (Å²) in [5.41, 5.74) is -4.17. The van der Waals surface area contributed by atoms with E-state index in [0.29, 0.717) is 18.9 Å². The number of carbonyl (C=O) groups is 2. The molecule has 31 heavy (non-hydrogen) atoms. The molecule has 1 aromatic heterocycles. The number of rotatable bonds is 3. The maximum atomic E-state index is 13.8. The summed E-state index contributed by atoms with van der Waals surface area (Å²) in [6.45, 7) is 1.28. The van der Waals surface area contributed by atoms with E-state index in [9.17, 15) is 33.4 Å². The van der Waals surface area contributed by atoms with Crippen molar-refractivity contribution in [1.82, 2.24) is 9.88 Å². The van der Waals surface area contributed by atoms with E-state index in [2.05, 4.69) is 5.32 Å². The van der Waals surface area contributed by atoms with E-state index in [1.54, 1.807) is 6.92 Å². The highest BCUT2D eigenvalue weighted by molar-refractivity contribution is 6.04. The van der Waals surface area contributed by atoms with E-state index >= 15 is 0 Å². The number of aromatic nitrogens is 1. The quantitative estimate of drug-likeness (QED) is 0.690. The van der Waals surface area contributed by atoms with Crippen molar-refractivity contribution >= 4 is 11.7 Å². The number of hydrogen-bond acceptors (Lipinski definition) is 5. The summed E-state index contributed by atoms with van der Waals surface area (Å²) >= 11 is 0. The number of nitrogens with zero attached hydrogens (tertiary/aromatic N) is 1. The third-order valence-corrected chi connectivity index (χ3v) is 6.65. The number of Topliss-reactive ketones (excluding diaryl/α,β-unsaturated/α-hetero) is 1. The number of amides is 1. The Bertz CT molecular complexity index is 1160. The van der Waals surface area contributed by atoms with Gasteiger partial charge in [0.15, 0.2) is 11.5 Å². The Balaban J connectivity index is 1.68. The van der Waals surface area contributed by atoms with Crippen LogP contribution in [-0.4, -0.2) is 32.1 Å². The van der Waals surface area contributed by atoms with Crippen LogP contribution in [0.3, 0.4) is 0 Å². The Hall–Kier alpha value is -3.07. The minimum Gasteiger partial charge on any atom is -0.503 e. The summed E-state index contributed by atoms with van der Waals surface area (Å²) in [5.74, 6) is -3.89. The standard InChI is InChI=1S/C22H22F2N2O5/c1-21-6-2-3-7-22(21,31)11-26-10-14(17(27)18(28)16(26)19(21)29)20(30)25-9-12-4-5-13(23)8-15(12)24/h4-5,8,10,28,31H,2-3,6-7,9,11H2,1H3,(H,25,30)/t21-,22-/m1/s1. The van der Waals surface area contributed by atoms with E-state index in [0.717, 1.165) is 25.1 Å². The lowest BCUT2D eigenvalue weighted by atomic mass is 9.59. The number of aromatic hydroxyl groups is 1. The average molecular weight is 432 g/mol. The van der Waals surface area contributed by atoms with Crippen molar-refractivity contribution in [2.45, 2.75) is 51.3 Å². The number of nitrogens with one attached hydrogen (secondary N) is 1. The van der Waals surface area contributed by atoms with Gasteiger partial charge in [0.25, 0.3) is 5.91 Å². The van der Waals surface area contributed by atoms with Crippen LogP contribution in [0.2, 0.25) is 0 Å². The zero-order valence-electron chi connectivity index (χ0n) is 16.9. The van der Waals surface area contributed by atoms with Gasteiger partial charge in [-0.15, -0.1) is 0 Å². The molecule has 0 radical (unpaired) electrons. The topological polar surface area (TPSA) is 109 Å². The van der Waals surface area contributed by atoms with Crippen molar-refractivity contribution < 1.29 is 28.6 Å². The van der Waals surface area contributed by atoms with Crippen LogP contribution in [0, 0.1) is 17.0 Å². The Kier molecular flexibility index (Phi) is 4.96. The van der Waals surface area contributed by atoms with Gasteiger partial charge in [0, 0.05) is 24.4 Å². The third-order valence-electron chi connectivity index (χ3n) is 6.65. The smallest absolute Gasteiger partial charge is 0.257 e. The number of carbonyl (C=O) groups excluding carboxylic acids is 2. The molecule has 0 unspecified atom stereocenters. The highest BCUT2D eigenvalue weighted by atomic mass is 19.1. The van der Waals surface area contributed by atoms with Crippen molar-refractivity contribution in [3.63, 3.8) is 0 Å². The minimum absolute atomic E-state index is 0.0134. The number of ketones is 1. The van der Waals surface area contributed by atoms with E-state index in [-0.39, 0.29) is 24.3 Å². The second-order valence-corrected chi connectivity index (χ2v) is 8.52. The molecule has 0 spiro atoms. The van der Waals surface area contributed by atoms with Gasteiger partial charge in [-0.05, 0) is 25.8 Å². The molecule has 1 aliphatic heterocycles. The van der Waals surface area contributed by atoms with E-state index < -0.39 is 51.1 Å². The minimum atomic E-state index is -1.36. The van der Waals surface area contributed by atoms with Crippen molar-refractivity contribution in [2.24, 2.45) is 5.41 Å². The van der Waals surface area contributed by atoms with Gasteiger partial charge >= 0.3 is 0 Å². The number of halogens is 2. The molecule has 3 N–H and O–H groups in total. The molecule has 1 amide bonds. The first-order valence-electron chi connectivity index (χ1n) is 10.0. The summed E-state index contributed by atoms with van der Waals surface area (Å²) in [7, 11) is 0. The lowest BCUT2D eigenvalue weighted by Gasteiger charge is -2.51. The van der Waals surface area contributed by atoms with Crippen molar-refractivity contribution in [1.29, 1.82) is 0 Å². The Labute approximate surface area is 176 Å². The van der Waals surface area contributed by atoms with Crippen LogP contribution in [-0.2, 0) is 13.1 Å². The molecule has 4 rings (SSSR count). The van der Waals surface area contributed by atoms with E-state index in [1.165, 1.54) is 10.6 Å². The van der Waals surface area contributed by atoms with Crippen LogP contribution in [0.25, 0.3) is 0 Å². The lowest BCUT2D eigenvalue weighted by Crippen LogP contribution is -2.60. The summed E-state index contributed by atoms with van der Waals surface area (Å²) in [4.78, 5) is 38.4. The molecule has 0 bridgehead atoms. The number of aliphatic hydroxyl groups is 1. The van der Waals surface area contributed by atoms with Crippen LogP contribution in [0.5, 0.6) is 5.75 Å². The maximum Gasteiger partial charge on any atom is 0.257 e. The maximum absolute atomic E-state index is 13.8. The summed E-state index contributed by atoms with van der Waals surface area (Å²) in [6.07, 6.45) is 3.43. The fourth-order valence-corrected chi connectivity index (χ4v) is 4.64. The van der Waals surface area contributed by atoms with Crippen molar-refractivity contribution in [2.75, 3.05) is 0 Å². The SMILES string of the molecule is C[C@]12CCCC[C@@]1(O)Cn1cc(C(=O)NCc3ccc(F)cc3F)c(=O)c(O)c1C2=O. The highest BCUT2D eigenvalue weighted by Gasteiger charge is 2.57. The zero-order chi connectivity index (χ0) is 22.6. The molecule has 2 aromatic rings. The van der Waals surface area contributed by atoms with E-state index in [1.807, 2.05) is 0 Å². The lowest BCUT2D eigenvalue weighted by molar-refractivity contribution is -0.104. The van der Waals surface area contributed by atoms with Gasteiger partial charge in [-0.3, -0.25) is 14.4 Å². The second kappa shape index (κ2) is 7.26. The summed E-state index contributed by atoms with van der Waals surface area (Å²) in [6, 6.07) is 2.88. The van der Waals surface area contributed by atoms with Crippen LogP contribution in [0.1, 0.15) is 59.0 Å². The van der Waals surface area contributed by atoms with Gasteiger partial charge in [0.2, 0.25) is 5.43 Å². The van der Waals surface area contributed by atoms with Crippen LogP contribution in [0.15, 0.2) is 29.2 Å². The number of fused-ring (bicyclic) bond motifs is 2. The Morgan fingerprint density at radius 3 is 2.65 bits per heavy atom. The molecule has 2 atom stereocenters. The van der Waals surface area contributed by atoms with Gasteiger partial charge in [0.05, 0.1) is 17.6 Å². The molecule has 164 valence electrons. The van der Waals surface area contributed by atoms with Crippen molar-refractivity contribution in [3.05, 3.63) is 63.1 Å². The fraction of sp³-hybridized carbons (Fsp3) is 0.409. The number of hydrogen-bond donors (Lipinski definition) is 3. The van der Waals surface area contributed by atoms with Gasteiger partial charge in [0.1, 0.15) is 22.9 Å². The molecule has 1 aliphatic carbocycles. The Morgan fingerprint density at radius 2 is 1.94 bits per heavy atom.